The molecule has 4 N–H and O–H groups in total. The molecule has 0 aliphatic heterocycles. The molecule has 0 aliphatic rings. The van der Waals surface area contributed by atoms with Gasteiger partial charge in [0.05, 0.1) is 0 Å². The van der Waals surface area contributed by atoms with E-state index in [1.807, 2.05) is 13.1 Å². The SMILES string of the molecule is CCC(C)(CC)Nc1cc(NC)nc(N)n1. The minimum absolute atomic E-state index is 0.0474. The molecule has 5 heteroatoms. The maximum atomic E-state index is 5.63. The van der Waals surface area contributed by atoms with Gasteiger partial charge in [-0.3, -0.25) is 0 Å². The predicted molar refractivity (Wildman–Crippen MR) is 68.6 cm³/mol. The molecule has 1 heterocycles. The zero-order valence-electron chi connectivity index (χ0n) is 10.5. The number of aromatic nitrogens is 2. The lowest BCUT2D eigenvalue weighted by Gasteiger charge is -2.29. The summed E-state index contributed by atoms with van der Waals surface area (Å²) in [5.74, 6) is 1.77. The fraction of sp³-hybridized carbons (Fsp3) is 0.636. The van der Waals surface area contributed by atoms with Crippen molar-refractivity contribution in [2.45, 2.75) is 39.2 Å². The maximum absolute atomic E-state index is 5.63. The van der Waals surface area contributed by atoms with Gasteiger partial charge in [0.2, 0.25) is 5.95 Å². The largest absolute Gasteiger partial charge is 0.373 e. The zero-order valence-corrected chi connectivity index (χ0v) is 10.5. The summed E-state index contributed by atoms with van der Waals surface area (Å²) >= 11 is 0. The maximum Gasteiger partial charge on any atom is 0.223 e. The van der Waals surface area contributed by atoms with Crippen molar-refractivity contribution in [2.75, 3.05) is 23.4 Å². The van der Waals surface area contributed by atoms with Crippen LogP contribution in [0.3, 0.4) is 0 Å². The third-order valence-electron chi connectivity index (χ3n) is 2.99. The summed E-state index contributed by atoms with van der Waals surface area (Å²) in [5, 5.41) is 6.36. The van der Waals surface area contributed by atoms with E-state index in [-0.39, 0.29) is 11.5 Å². The van der Waals surface area contributed by atoms with E-state index in [4.69, 9.17) is 5.73 Å². The Kier molecular flexibility index (Phi) is 3.93. The third-order valence-corrected chi connectivity index (χ3v) is 2.99. The highest BCUT2D eigenvalue weighted by atomic mass is 15.1. The van der Waals surface area contributed by atoms with Gasteiger partial charge in [-0.25, -0.2) is 0 Å². The molecule has 0 radical (unpaired) electrons. The number of hydrogen-bond acceptors (Lipinski definition) is 5. The normalized spacial score (nSPS) is 11.2. The van der Waals surface area contributed by atoms with Gasteiger partial charge in [-0.05, 0) is 19.8 Å². The van der Waals surface area contributed by atoms with Gasteiger partial charge in [-0.2, -0.15) is 9.97 Å². The standard InChI is InChI=1S/C11H21N5/c1-5-11(3,6-2)16-9-7-8(13-4)14-10(12)15-9/h7H,5-6H2,1-4H3,(H4,12,13,14,15,16). The van der Waals surface area contributed by atoms with E-state index >= 15 is 0 Å². The second kappa shape index (κ2) is 5.01. The number of rotatable bonds is 5. The van der Waals surface area contributed by atoms with Crippen LogP contribution < -0.4 is 16.4 Å². The molecule has 0 amide bonds. The van der Waals surface area contributed by atoms with Crippen molar-refractivity contribution in [1.82, 2.24) is 9.97 Å². The van der Waals surface area contributed by atoms with Crippen LogP contribution in [-0.4, -0.2) is 22.6 Å². The summed E-state index contributed by atoms with van der Waals surface area (Å²) in [5.41, 5.74) is 5.68. The smallest absolute Gasteiger partial charge is 0.223 e. The summed E-state index contributed by atoms with van der Waals surface area (Å²) < 4.78 is 0. The fourth-order valence-electron chi connectivity index (χ4n) is 1.39. The molecule has 1 aromatic rings. The quantitative estimate of drug-likeness (QED) is 0.712. The van der Waals surface area contributed by atoms with Gasteiger partial charge < -0.3 is 16.4 Å². The minimum Gasteiger partial charge on any atom is -0.373 e. The second-order valence-corrected chi connectivity index (χ2v) is 4.14. The first kappa shape index (κ1) is 12.5. The number of nitrogens with one attached hydrogen (secondary N) is 2. The van der Waals surface area contributed by atoms with Crippen LogP contribution in [0.15, 0.2) is 6.07 Å². The Labute approximate surface area is 96.9 Å². The topological polar surface area (TPSA) is 75.9 Å². The van der Waals surface area contributed by atoms with Crippen LogP contribution in [0.4, 0.5) is 17.6 Å². The average molecular weight is 223 g/mol. The molecular weight excluding hydrogens is 202 g/mol. The fourth-order valence-corrected chi connectivity index (χ4v) is 1.39. The predicted octanol–water partition coefficient (Wildman–Crippen LogP) is 2.09. The van der Waals surface area contributed by atoms with Crippen LogP contribution in [-0.2, 0) is 0 Å². The van der Waals surface area contributed by atoms with Gasteiger partial charge in [0.25, 0.3) is 0 Å². The van der Waals surface area contributed by atoms with Crippen LogP contribution >= 0.6 is 0 Å². The first-order valence-electron chi connectivity index (χ1n) is 5.63. The Morgan fingerprint density at radius 1 is 1.25 bits per heavy atom. The highest BCUT2D eigenvalue weighted by molar-refractivity contribution is 5.51. The lowest BCUT2D eigenvalue weighted by Crippen LogP contribution is -2.33. The van der Waals surface area contributed by atoms with Crippen molar-refractivity contribution < 1.29 is 0 Å². The van der Waals surface area contributed by atoms with Crippen LogP contribution in [0.2, 0.25) is 0 Å². The molecule has 0 saturated heterocycles. The van der Waals surface area contributed by atoms with Crippen LogP contribution in [0.5, 0.6) is 0 Å². The van der Waals surface area contributed by atoms with Crippen LogP contribution in [0.25, 0.3) is 0 Å². The Morgan fingerprint density at radius 2 is 1.81 bits per heavy atom. The van der Waals surface area contributed by atoms with E-state index in [1.54, 1.807) is 0 Å². The number of hydrogen-bond donors (Lipinski definition) is 3. The molecule has 0 bridgehead atoms. The number of anilines is 3. The Bertz CT molecular complexity index is 346. The highest BCUT2D eigenvalue weighted by Gasteiger charge is 2.19. The second-order valence-electron chi connectivity index (χ2n) is 4.14. The number of nitrogens with zero attached hydrogens (tertiary/aromatic N) is 2. The molecule has 5 nitrogen and oxygen atoms in total. The van der Waals surface area contributed by atoms with E-state index in [0.29, 0.717) is 0 Å². The molecule has 16 heavy (non-hydrogen) atoms. The Morgan fingerprint density at radius 3 is 2.31 bits per heavy atom. The molecule has 0 spiro atoms. The van der Waals surface area contributed by atoms with Crippen molar-refractivity contribution in [2.24, 2.45) is 0 Å². The summed E-state index contributed by atoms with van der Waals surface area (Å²) in [6, 6.07) is 1.86. The molecule has 0 atom stereocenters. The lowest BCUT2D eigenvalue weighted by molar-refractivity contribution is 0.477. The number of nitrogens with two attached hydrogens (primary N) is 1. The van der Waals surface area contributed by atoms with Crippen molar-refractivity contribution >= 4 is 17.6 Å². The molecule has 0 aromatic carbocycles. The number of nitrogen functional groups attached to an aromatic ring is 1. The first-order chi connectivity index (χ1) is 7.53. The molecule has 0 unspecified atom stereocenters. The van der Waals surface area contributed by atoms with E-state index in [9.17, 15) is 0 Å². The van der Waals surface area contributed by atoms with Crippen LogP contribution in [0.1, 0.15) is 33.6 Å². The highest BCUT2D eigenvalue weighted by Crippen LogP contribution is 2.22. The summed E-state index contributed by atoms with van der Waals surface area (Å²) in [4.78, 5) is 8.23. The van der Waals surface area contributed by atoms with Crippen LogP contribution in [0, 0.1) is 0 Å². The summed E-state index contributed by atoms with van der Waals surface area (Å²) in [7, 11) is 1.81. The van der Waals surface area contributed by atoms with Crippen molar-refractivity contribution in [3.8, 4) is 0 Å². The Hall–Kier alpha value is -1.52. The van der Waals surface area contributed by atoms with Crippen molar-refractivity contribution in [1.29, 1.82) is 0 Å². The van der Waals surface area contributed by atoms with Crippen molar-refractivity contribution in [3.05, 3.63) is 6.07 Å². The van der Waals surface area contributed by atoms with Gasteiger partial charge in [-0.1, -0.05) is 13.8 Å². The van der Waals surface area contributed by atoms with Gasteiger partial charge in [0, 0.05) is 18.7 Å². The molecule has 0 fully saturated rings. The molecule has 1 aromatic heterocycles. The summed E-state index contributed by atoms with van der Waals surface area (Å²) in [6.45, 7) is 6.48. The molecule has 0 aliphatic carbocycles. The molecule has 90 valence electrons. The average Bonchev–Trinajstić information content (AvgIpc) is 2.28. The van der Waals surface area contributed by atoms with E-state index < -0.39 is 0 Å². The molecule has 0 saturated carbocycles. The lowest BCUT2D eigenvalue weighted by atomic mass is 9.96. The monoisotopic (exact) mass is 223 g/mol. The van der Waals surface area contributed by atoms with Crippen molar-refractivity contribution in [3.63, 3.8) is 0 Å². The Balaban J connectivity index is 2.92. The zero-order chi connectivity index (χ0) is 12.2. The molecular formula is C11H21N5. The minimum atomic E-state index is 0.0474. The van der Waals surface area contributed by atoms with Gasteiger partial charge in [-0.15, -0.1) is 0 Å². The van der Waals surface area contributed by atoms with Gasteiger partial charge in [0.15, 0.2) is 0 Å². The first-order valence-corrected chi connectivity index (χ1v) is 5.63. The van der Waals surface area contributed by atoms with E-state index in [2.05, 4.69) is 41.4 Å². The van der Waals surface area contributed by atoms with E-state index in [1.165, 1.54) is 0 Å². The van der Waals surface area contributed by atoms with Gasteiger partial charge >= 0.3 is 0 Å². The third kappa shape index (κ3) is 2.98. The van der Waals surface area contributed by atoms with E-state index in [0.717, 1.165) is 24.5 Å². The summed E-state index contributed by atoms with van der Waals surface area (Å²) in [6.07, 6.45) is 2.06. The van der Waals surface area contributed by atoms with Gasteiger partial charge in [0.1, 0.15) is 11.6 Å². The molecule has 1 rings (SSSR count).